The Hall–Kier alpha value is -1.03. The van der Waals surface area contributed by atoms with E-state index in [9.17, 15) is 4.79 Å². The molecule has 0 radical (unpaired) electrons. The molecule has 0 aromatic heterocycles. The Kier molecular flexibility index (Phi) is 3.39. The van der Waals surface area contributed by atoms with E-state index in [-0.39, 0.29) is 0 Å². The van der Waals surface area contributed by atoms with Gasteiger partial charge in [0.05, 0.1) is 0 Å². The molecule has 0 aliphatic heterocycles. The zero-order valence-electron chi connectivity index (χ0n) is 8.97. The molecule has 4 heteroatoms. The molecule has 0 bridgehead atoms. The molecule has 0 atom stereocenters. The van der Waals surface area contributed by atoms with Crippen LogP contribution in [0.3, 0.4) is 0 Å². The van der Waals surface area contributed by atoms with E-state index in [4.69, 9.17) is 5.11 Å². The van der Waals surface area contributed by atoms with Gasteiger partial charge in [0, 0.05) is 10.2 Å². The Labute approximate surface area is 97.6 Å². The van der Waals surface area contributed by atoms with Gasteiger partial charge in [0.1, 0.15) is 5.54 Å². The van der Waals surface area contributed by atoms with Crippen LogP contribution in [0.2, 0.25) is 0 Å². The average molecular weight is 272 g/mol. The van der Waals surface area contributed by atoms with Gasteiger partial charge in [-0.1, -0.05) is 6.07 Å². The summed E-state index contributed by atoms with van der Waals surface area (Å²) in [5, 5.41) is 11.9. The van der Waals surface area contributed by atoms with Crippen LogP contribution in [-0.4, -0.2) is 16.6 Å². The predicted molar refractivity (Wildman–Crippen MR) is 64.2 cm³/mol. The number of hydrogen-bond acceptors (Lipinski definition) is 2. The fourth-order valence-corrected chi connectivity index (χ4v) is 1.70. The van der Waals surface area contributed by atoms with Gasteiger partial charge in [0.2, 0.25) is 0 Å². The van der Waals surface area contributed by atoms with Crippen molar-refractivity contribution in [1.29, 1.82) is 0 Å². The Balaban J connectivity index is 2.95. The molecule has 0 aliphatic rings. The molecule has 2 N–H and O–H groups in total. The van der Waals surface area contributed by atoms with Crippen molar-refractivity contribution in [3.8, 4) is 0 Å². The lowest BCUT2D eigenvalue weighted by molar-refractivity contribution is -0.141. The maximum atomic E-state index is 10.9. The monoisotopic (exact) mass is 271 g/mol. The number of carbonyl (C=O) groups is 1. The van der Waals surface area contributed by atoms with Crippen LogP contribution < -0.4 is 5.32 Å². The molecule has 3 nitrogen and oxygen atoms in total. The number of carboxylic acid groups (broad SMARTS) is 1. The Morgan fingerprint density at radius 1 is 1.47 bits per heavy atom. The molecule has 0 spiro atoms. The highest BCUT2D eigenvalue weighted by molar-refractivity contribution is 9.10. The van der Waals surface area contributed by atoms with Crippen LogP contribution in [0.4, 0.5) is 5.69 Å². The fraction of sp³-hybridized carbons (Fsp3) is 0.364. The predicted octanol–water partition coefficient (Wildman–Crippen LogP) is 3.03. The van der Waals surface area contributed by atoms with Gasteiger partial charge < -0.3 is 10.4 Å². The van der Waals surface area contributed by atoms with E-state index in [0.29, 0.717) is 0 Å². The number of halogens is 1. The first-order chi connectivity index (χ1) is 6.83. The topological polar surface area (TPSA) is 49.3 Å². The van der Waals surface area contributed by atoms with E-state index < -0.39 is 11.5 Å². The maximum absolute atomic E-state index is 10.9. The van der Waals surface area contributed by atoms with E-state index in [1.807, 2.05) is 25.1 Å². The van der Waals surface area contributed by atoms with Crippen LogP contribution >= 0.6 is 15.9 Å². The molecule has 0 saturated carbocycles. The average Bonchev–Trinajstić information content (AvgIpc) is 2.09. The highest BCUT2D eigenvalue weighted by atomic mass is 79.9. The van der Waals surface area contributed by atoms with Crippen LogP contribution in [0.15, 0.2) is 22.7 Å². The lowest BCUT2D eigenvalue weighted by Gasteiger charge is -2.23. The van der Waals surface area contributed by atoms with Gasteiger partial charge in [-0.15, -0.1) is 0 Å². The molecule has 1 aromatic rings. The van der Waals surface area contributed by atoms with Crippen molar-refractivity contribution in [3.63, 3.8) is 0 Å². The highest BCUT2D eigenvalue weighted by Gasteiger charge is 2.27. The molecule has 0 aliphatic carbocycles. The van der Waals surface area contributed by atoms with Crippen molar-refractivity contribution in [2.75, 3.05) is 5.32 Å². The zero-order valence-corrected chi connectivity index (χ0v) is 10.6. The first kappa shape index (κ1) is 12.0. The summed E-state index contributed by atoms with van der Waals surface area (Å²) < 4.78 is 0.872. The maximum Gasteiger partial charge on any atom is 0.328 e. The van der Waals surface area contributed by atoms with Crippen molar-refractivity contribution in [2.24, 2.45) is 0 Å². The zero-order chi connectivity index (χ0) is 11.6. The summed E-state index contributed by atoms with van der Waals surface area (Å²) in [7, 11) is 0. The van der Waals surface area contributed by atoms with Crippen molar-refractivity contribution >= 4 is 27.6 Å². The number of carboxylic acids is 1. The van der Waals surface area contributed by atoms with Gasteiger partial charge in [-0.25, -0.2) is 4.79 Å². The Morgan fingerprint density at radius 2 is 2.07 bits per heavy atom. The molecular formula is C11H14BrNO2. The second-order valence-corrected chi connectivity index (χ2v) is 4.89. The van der Waals surface area contributed by atoms with E-state index in [1.54, 1.807) is 13.8 Å². The van der Waals surface area contributed by atoms with Gasteiger partial charge in [-0.2, -0.15) is 0 Å². The SMILES string of the molecule is Cc1ccc(NC(C)(C)C(=O)O)c(Br)c1. The minimum Gasteiger partial charge on any atom is -0.480 e. The number of anilines is 1. The number of hydrogen-bond donors (Lipinski definition) is 2. The van der Waals surface area contributed by atoms with Gasteiger partial charge in [0.25, 0.3) is 0 Å². The minimum atomic E-state index is -0.974. The van der Waals surface area contributed by atoms with Crippen molar-refractivity contribution in [3.05, 3.63) is 28.2 Å². The third-order valence-corrected chi connectivity index (χ3v) is 2.76. The van der Waals surface area contributed by atoms with Gasteiger partial charge in [-0.3, -0.25) is 0 Å². The number of aryl methyl sites for hydroxylation is 1. The molecule has 0 unspecified atom stereocenters. The van der Waals surface area contributed by atoms with Crippen LogP contribution in [0, 0.1) is 6.92 Å². The Morgan fingerprint density at radius 3 is 2.53 bits per heavy atom. The second-order valence-electron chi connectivity index (χ2n) is 4.04. The van der Waals surface area contributed by atoms with Crippen LogP contribution in [-0.2, 0) is 4.79 Å². The van der Waals surface area contributed by atoms with Crippen molar-refractivity contribution in [1.82, 2.24) is 0 Å². The molecule has 15 heavy (non-hydrogen) atoms. The summed E-state index contributed by atoms with van der Waals surface area (Å²) in [5.74, 6) is -0.880. The van der Waals surface area contributed by atoms with Crippen LogP contribution in [0.5, 0.6) is 0 Å². The van der Waals surface area contributed by atoms with E-state index in [0.717, 1.165) is 15.7 Å². The van der Waals surface area contributed by atoms with E-state index >= 15 is 0 Å². The second kappa shape index (κ2) is 4.23. The molecule has 0 saturated heterocycles. The van der Waals surface area contributed by atoms with Gasteiger partial charge >= 0.3 is 5.97 Å². The summed E-state index contributed by atoms with van der Waals surface area (Å²) in [4.78, 5) is 10.9. The molecule has 0 heterocycles. The fourth-order valence-electron chi connectivity index (χ4n) is 1.11. The molecule has 82 valence electrons. The summed E-state index contributed by atoms with van der Waals surface area (Å²) >= 11 is 3.39. The molecule has 1 aromatic carbocycles. The van der Waals surface area contributed by atoms with Crippen LogP contribution in [0.1, 0.15) is 19.4 Å². The highest BCUT2D eigenvalue weighted by Crippen LogP contribution is 2.26. The lowest BCUT2D eigenvalue weighted by atomic mass is 10.1. The normalized spacial score (nSPS) is 11.2. The lowest BCUT2D eigenvalue weighted by Crippen LogP contribution is -2.40. The van der Waals surface area contributed by atoms with Gasteiger partial charge in [0.15, 0.2) is 0 Å². The standard InChI is InChI=1S/C11H14BrNO2/c1-7-4-5-9(8(12)6-7)13-11(2,3)10(14)15/h4-6,13H,1-3H3,(H,14,15). The van der Waals surface area contributed by atoms with Crippen LogP contribution in [0.25, 0.3) is 0 Å². The smallest absolute Gasteiger partial charge is 0.328 e. The first-order valence-corrected chi connectivity index (χ1v) is 5.40. The van der Waals surface area contributed by atoms with Crippen molar-refractivity contribution in [2.45, 2.75) is 26.3 Å². The third kappa shape index (κ3) is 2.96. The summed E-state index contributed by atoms with van der Waals surface area (Å²) in [6, 6.07) is 5.75. The number of aliphatic carboxylic acids is 1. The largest absolute Gasteiger partial charge is 0.480 e. The number of nitrogens with one attached hydrogen (secondary N) is 1. The number of rotatable bonds is 3. The van der Waals surface area contributed by atoms with E-state index in [2.05, 4.69) is 21.2 Å². The quantitative estimate of drug-likeness (QED) is 0.889. The molecular weight excluding hydrogens is 258 g/mol. The van der Waals surface area contributed by atoms with Gasteiger partial charge in [-0.05, 0) is 54.4 Å². The number of benzene rings is 1. The first-order valence-electron chi connectivity index (χ1n) is 4.60. The minimum absolute atomic E-state index is 0.785. The Bertz CT molecular complexity index is 388. The summed E-state index contributed by atoms with van der Waals surface area (Å²) in [6.45, 7) is 5.24. The summed E-state index contributed by atoms with van der Waals surface area (Å²) in [6.07, 6.45) is 0. The molecule has 0 fully saturated rings. The molecule has 0 amide bonds. The third-order valence-electron chi connectivity index (χ3n) is 2.11. The van der Waals surface area contributed by atoms with Crippen molar-refractivity contribution < 1.29 is 9.90 Å². The van der Waals surface area contributed by atoms with E-state index in [1.165, 1.54) is 0 Å². The summed E-state index contributed by atoms with van der Waals surface area (Å²) in [5.41, 5.74) is 0.936. The molecule has 1 rings (SSSR count).